The average Bonchev–Trinajstić information content (AvgIpc) is 2.37. The van der Waals surface area contributed by atoms with Crippen LogP contribution in [-0.4, -0.2) is 22.1 Å². The number of aliphatic carboxylic acids is 1. The minimum Gasteiger partial charge on any atom is -0.481 e. The zero-order valence-corrected chi connectivity index (χ0v) is 10.2. The zero-order chi connectivity index (χ0) is 14.0. The van der Waals surface area contributed by atoms with Gasteiger partial charge in [-0.15, -0.1) is 0 Å². The molecule has 2 rings (SSSR count). The summed E-state index contributed by atoms with van der Waals surface area (Å²) in [6, 6.07) is 6.91. The molecule has 2 unspecified atom stereocenters. The molecule has 0 bridgehead atoms. The number of primary amides is 1. The van der Waals surface area contributed by atoms with Crippen molar-refractivity contribution in [3.05, 3.63) is 41.5 Å². The summed E-state index contributed by atoms with van der Waals surface area (Å²) in [5, 5.41) is 19.4. The number of carbonyl (C=O) groups excluding carboxylic acids is 1. The first kappa shape index (κ1) is 13.3. The number of fused-ring (bicyclic) bond motifs is 1. The summed E-state index contributed by atoms with van der Waals surface area (Å²) < 4.78 is 0. The fourth-order valence-electron chi connectivity index (χ4n) is 2.45. The Hall–Kier alpha value is -2.14. The van der Waals surface area contributed by atoms with Crippen LogP contribution in [0.4, 0.5) is 0 Å². The summed E-state index contributed by atoms with van der Waals surface area (Å²) in [4.78, 5) is 22.3. The lowest BCUT2D eigenvalue weighted by molar-refractivity contribution is -0.144. The van der Waals surface area contributed by atoms with Gasteiger partial charge in [-0.05, 0) is 12.0 Å². The molecule has 5 heteroatoms. The molecule has 0 aromatic heterocycles. The van der Waals surface area contributed by atoms with Crippen molar-refractivity contribution >= 4 is 18.0 Å². The fourth-order valence-corrected chi connectivity index (χ4v) is 2.45. The number of carbonyl (C=O) groups is 2. The second kappa shape index (κ2) is 4.85. The van der Waals surface area contributed by atoms with E-state index in [1.165, 1.54) is 0 Å². The van der Waals surface area contributed by atoms with Gasteiger partial charge in [-0.1, -0.05) is 36.4 Å². The number of rotatable bonds is 4. The smallest absolute Gasteiger partial charge is 0.303 e. The maximum Gasteiger partial charge on any atom is 0.303 e. The lowest BCUT2D eigenvalue weighted by atomic mass is 9.73. The largest absolute Gasteiger partial charge is 0.481 e. The predicted octanol–water partition coefficient (Wildman–Crippen LogP) is 0.867. The van der Waals surface area contributed by atoms with Crippen LogP contribution in [0.2, 0.25) is 0 Å². The molecule has 1 aromatic rings. The highest BCUT2D eigenvalue weighted by atomic mass is 16.4. The molecule has 1 aliphatic carbocycles. The Morgan fingerprint density at radius 3 is 2.63 bits per heavy atom. The van der Waals surface area contributed by atoms with Crippen molar-refractivity contribution in [1.29, 1.82) is 0 Å². The Labute approximate surface area is 110 Å². The summed E-state index contributed by atoms with van der Waals surface area (Å²) >= 11 is 0. The Bertz CT molecular complexity index is 552. The molecule has 0 radical (unpaired) electrons. The topological polar surface area (TPSA) is 101 Å². The second-order valence-electron chi connectivity index (χ2n) is 4.62. The fraction of sp³-hybridized carbons (Fsp3) is 0.286. The van der Waals surface area contributed by atoms with Gasteiger partial charge in [0.25, 0.3) is 5.91 Å². The first-order valence-corrected chi connectivity index (χ1v) is 5.98. The monoisotopic (exact) mass is 261 g/mol. The third-order valence-corrected chi connectivity index (χ3v) is 3.46. The normalized spacial score (nSPS) is 24.8. The first-order valence-electron chi connectivity index (χ1n) is 5.98. The van der Waals surface area contributed by atoms with Crippen LogP contribution >= 0.6 is 0 Å². The first-order chi connectivity index (χ1) is 8.96. The molecule has 1 amide bonds. The van der Waals surface area contributed by atoms with Crippen molar-refractivity contribution in [3.8, 4) is 0 Å². The number of carboxylic acid groups (broad SMARTS) is 1. The molecule has 0 saturated heterocycles. The molecule has 0 saturated carbocycles. The number of nitrogens with two attached hydrogens (primary N) is 1. The van der Waals surface area contributed by atoms with Crippen LogP contribution in [0.3, 0.4) is 0 Å². The summed E-state index contributed by atoms with van der Waals surface area (Å²) in [6.07, 6.45) is 3.45. The van der Waals surface area contributed by atoms with Crippen LogP contribution < -0.4 is 5.73 Å². The van der Waals surface area contributed by atoms with E-state index in [1.807, 2.05) is 0 Å². The van der Waals surface area contributed by atoms with Gasteiger partial charge in [0, 0.05) is 17.9 Å². The van der Waals surface area contributed by atoms with Gasteiger partial charge >= 0.3 is 5.97 Å². The molecule has 5 nitrogen and oxygen atoms in total. The van der Waals surface area contributed by atoms with E-state index in [0.717, 1.165) is 5.56 Å². The van der Waals surface area contributed by atoms with E-state index in [9.17, 15) is 14.7 Å². The van der Waals surface area contributed by atoms with Crippen molar-refractivity contribution in [2.24, 2.45) is 11.7 Å². The van der Waals surface area contributed by atoms with Crippen molar-refractivity contribution in [1.82, 2.24) is 0 Å². The lowest BCUT2D eigenvalue weighted by Crippen LogP contribution is -2.48. The van der Waals surface area contributed by atoms with Crippen LogP contribution in [0.15, 0.2) is 30.3 Å². The van der Waals surface area contributed by atoms with Crippen LogP contribution in [0, 0.1) is 5.92 Å². The van der Waals surface area contributed by atoms with E-state index in [2.05, 4.69) is 0 Å². The average molecular weight is 261 g/mol. The highest BCUT2D eigenvalue weighted by Crippen LogP contribution is 2.39. The van der Waals surface area contributed by atoms with Crippen LogP contribution in [0.25, 0.3) is 6.08 Å². The second-order valence-corrected chi connectivity index (χ2v) is 4.62. The number of benzene rings is 1. The maximum atomic E-state index is 11.7. The number of carboxylic acids is 1. The van der Waals surface area contributed by atoms with Crippen molar-refractivity contribution in [3.63, 3.8) is 0 Å². The van der Waals surface area contributed by atoms with E-state index in [-0.39, 0.29) is 12.8 Å². The standard InChI is InChI=1S/C14H15NO4/c15-13(18)14(19)10(7-8-12(16)17)6-5-9-3-1-2-4-11(9)14/h1-6,10,19H,7-8H2,(H2,15,18)(H,16,17). The van der Waals surface area contributed by atoms with Gasteiger partial charge in [-0.3, -0.25) is 9.59 Å². The van der Waals surface area contributed by atoms with Crippen molar-refractivity contribution in [2.45, 2.75) is 18.4 Å². The third-order valence-electron chi connectivity index (χ3n) is 3.46. The van der Waals surface area contributed by atoms with Gasteiger partial charge < -0.3 is 15.9 Å². The molecule has 1 aliphatic rings. The third kappa shape index (κ3) is 2.24. The lowest BCUT2D eigenvalue weighted by Gasteiger charge is -2.35. The summed E-state index contributed by atoms with van der Waals surface area (Å²) in [5.41, 5.74) is 4.65. The molecule has 19 heavy (non-hydrogen) atoms. The summed E-state index contributed by atoms with van der Waals surface area (Å²) in [5.74, 6) is -2.46. The Morgan fingerprint density at radius 2 is 2.00 bits per heavy atom. The zero-order valence-electron chi connectivity index (χ0n) is 10.2. The number of hydrogen-bond donors (Lipinski definition) is 3. The van der Waals surface area contributed by atoms with Gasteiger partial charge in [0.15, 0.2) is 5.60 Å². The van der Waals surface area contributed by atoms with E-state index in [4.69, 9.17) is 10.8 Å². The Balaban J connectivity index is 2.42. The van der Waals surface area contributed by atoms with Gasteiger partial charge in [-0.25, -0.2) is 0 Å². The summed E-state index contributed by atoms with van der Waals surface area (Å²) in [7, 11) is 0. The molecular formula is C14H15NO4. The molecule has 0 heterocycles. The van der Waals surface area contributed by atoms with E-state index in [0.29, 0.717) is 5.56 Å². The number of amides is 1. The predicted molar refractivity (Wildman–Crippen MR) is 68.9 cm³/mol. The molecule has 4 N–H and O–H groups in total. The maximum absolute atomic E-state index is 11.7. The van der Waals surface area contributed by atoms with Crippen LogP contribution in [-0.2, 0) is 15.2 Å². The number of aliphatic hydroxyl groups is 1. The summed E-state index contributed by atoms with van der Waals surface area (Å²) in [6.45, 7) is 0. The van der Waals surface area contributed by atoms with Crippen molar-refractivity contribution < 1.29 is 19.8 Å². The van der Waals surface area contributed by atoms with Gasteiger partial charge in [-0.2, -0.15) is 0 Å². The highest BCUT2D eigenvalue weighted by Gasteiger charge is 2.45. The molecule has 0 spiro atoms. The molecular weight excluding hydrogens is 246 g/mol. The minimum absolute atomic E-state index is 0.132. The molecule has 2 atom stereocenters. The molecule has 0 fully saturated rings. The van der Waals surface area contributed by atoms with E-state index >= 15 is 0 Å². The highest BCUT2D eigenvalue weighted by molar-refractivity contribution is 5.88. The van der Waals surface area contributed by atoms with Crippen LogP contribution in [0.5, 0.6) is 0 Å². The van der Waals surface area contributed by atoms with E-state index in [1.54, 1.807) is 36.4 Å². The van der Waals surface area contributed by atoms with E-state index < -0.39 is 23.4 Å². The van der Waals surface area contributed by atoms with Crippen LogP contribution in [0.1, 0.15) is 24.0 Å². The minimum atomic E-state index is -1.85. The molecule has 1 aromatic carbocycles. The van der Waals surface area contributed by atoms with Crippen molar-refractivity contribution in [2.75, 3.05) is 0 Å². The number of hydrogen-bond acceptors (Lipinski definition) is 3. The molecule has 100 valence electrons. The Morgan fingerprint density at radius 1 is 1.32 bits per heavy atom. The van der Waals surface area contributed by atoms with Gasteiger partial charge in [0.1, 0.15) is 0 Å². The molecule has 0 aliphatic heterocycles. The SMILES string of the molecule is NC(=O)C1(O)c2ccccc2C=CC1CCC(=O)O. The Kier molecular flexibility index (Phi) is 3.40. The van der Waals surface area contributed by atoms with Gasteiger partial charge in [0.2, 0.25) is 0 Å². The van der Waals surface area contributed by atoms with Gasteiger partial charge in [0.05, 0.1) is 0 Å². The quantitative estimate of drug-likeness (QED) is 0.748.